The summed E-state index contributed by atoms with van der Waals surface area (Å²) in [4.78, 5) is 10.3. The van der Waals surface area contributed by atoms with Crippen molar-refractivity contribution in [1.82, 2.24) is 0 Å². The average molecular weight is 181 g/mol. The highest BCUT2D eigenvalue weighted by Crippen LogP contribution is 2.10. The molecule has 0 aliphatic heterocycles. The van der Waals surface area contributed by atoms with Crippen LogP contribution in [0.5, 0.6) is 0 Å². The van der Waals surface area contributed by atoms with Gasteiger partial charge in [-0.15, -0.1) is 0 Å². The van der Waals surface area contributed by atoms with Gasteiger partial charge in [0.2, 0.25) is 5.49 Å². The molecule has 0 amide bonds. The molecule has 0 unspecified atom stereocenters. The predicted molar refractivity (Wildman–Crippen MR) is 48.5 cm³/mol. The van der Waals surface area contributed by atoms with E-state index in [4.69, 9.17) is 0 Å². The molecule has 0 saturated heterocycles. The van der Waals surface area contributed by atoms with Gasteiger partial charge in [0.1, 0.15) is 5.69 Å². The minimum Gasteiger partial charge on any atom is -0.234 e. The first kappa shape index (κ1) is 8.61. The fraction of sp³-hybridized carbons (Fsp3) is 0. The number of hydrazine groups is 1. The Hall–Kier alpha value is -1.49. The quantitative estimate of drug-likeness (QED) is 0.307. The van der Waals surface area contributed by atoms with Gasteiger partial charge in [0, 0.05) is 0 Å². The molecule has 0 aliphatic rings. The molecule has 0 N–H and O–H groups in total. The Labute approximate surface area is 74.5 Å². The summed E-state index contributed by atoms with van der Waals surface area (Å²) in [5.41, 5.74) is 2.44. The van der Waals surface area contributed by atoms with Gasteiger partial charge in [0.15, 0.2) is 5.03 Å². The molecular weight excluding hydrogens is 176 g/mol. The zero-order valence-electron chi connectivity index (χ0n) is 6.01. The van der Waals surface area contributed by atoms with Crippen molar-refractivity contribution in [2.24, 2.45) is 0 Å². The second-order valence-electron chi connectivity index (χ2n) is 1.98. The molecular formula is C7H5N2O2S. The van der Waals surface area contributed by atoms with E-state index in [1.165, 1.54) is 0 Å². The van der Waals surface area contributed by atoms with Crippen LogP contribution in [0, 0.1) is 10.1 Å². The molecule has 1 rings (SSSR count). The lowest BCUT2D eigenvalue weighted by Gasteiger charge is -2.05. The predicted octanol–water partition coefficient (Wildman–Crippen LogP) is 1.52. The number of para-hydroxylation sites is 1. The minimum absolute atomic E-state index is 0.400. The van der Waals surface area contributed by atoms with Crippen LogP contribution in [0.15, 0.2) is 30.3 Å². The zero-order chi connectivity index (χ0) is 8.97. The summed E-state index contributed by atoms with van der Waals surface area (Å²) in [6.07, 6.45) is 0. The van der Waals surface area contributed by atoms with Crippen LogP contribution >= 0.6 is 12.2 Å². The molecule has 0 spiro atoms. The fourth-order valence-electron chi connectivity index (χ4n) is 0.750. The van der Waals surface area contributed by atoms with Crippen LogP contribution in [0.25, 0.3) is 0 Å². The molecule has 12 heavy (non-hydrogen) atoms. The van der Waals surface area contributed by atoms with Gasteiger partial charge >= 0.3 is 0 Å². The van der Waals surface area contributed by atoms with Crippen molar-refractivity contribution in [3.8, 4) is 0 Å². The van der Waals surface area contributed by atoms with E-state index in [0.717, 1.165) is 0 Å². The highest BCUT2D eigenvalue weighted by molar-refractivity contribution is 7.79. The second kappa shape index (κ2) is 3.77. The lowest BCUT2D eigenvalue weighted by atomic mass is 10.3. The van der Waals surface area contributed by atoms with Crippen molar-refractivity contribution >= 4 is 23.4 Å². The Kier molecular flexibility index (Phi) is 2.71. The zero-order valence-corrected chi connectivity index (χ0v) is 6.82. The van der Waals surface area contributed by atoms with Crippen molar-refractivity contribution in [1.29, 1.82) is 0 Å². The van der Waals surface area contributed by atoms with Crippen molar-refractivity contribution < 1.29 is 5.03 Å². The van der Waals surface area contributed by atoms with E-state index in [2.05, 4.69) is 12.2 Å². The van der Waals surface area contributed by atoms with Crippen molar-refractivity contribution in [3.63, 3.8) is 0 Å². The Balaban J connectivity index is 2.95. The third-order valence-electron chi connectivity index (χ3n) is 1.25. The maximum Gasteiger partial charge on any atom is 0.215 e. The lowest BCUT2D eigenvalue weighted by Crippen LogP contribution is -2.26. The average Bonchev–Trinajstić information content (AvgIpc) is 2.07. The molecule has 1 radical (unpaired) electrons. The Bertz CT molecular complexity index is 289. The fourth-order valence-corrected chi connectivity index (χ4v) is 0.922. The van der Waals surface area contributed by atoms with Gasteiger partial charge in [0.05, 0.1) is 0 Å². The van der Waals surface area contributed by atoms with Crippen molar-refractivity contribution in [2.75, 3.05) is 5.01 Å². The van der Waals surface area contributed by atoms with E-state index in [9.17, 15) is 10.1 Å². The van der Waals surface area contributed by atoms with Gasteiger partial charge in [-0.05, 0) is 17.1 Å². The van der Waals surface area contributed by atoms with E-state index in [1.54, 1.807) is 30.3 Å². The maximum atomic E-state index is 10.3. The van der Waals surface area contributed by atoms with Gasteiger partial charge in [0.25, 0.3) is 0 Å². The third-order valence-corrected chi connectivity index (χ3v) is 1.42. The van der Waals surface area contributed by atoms with E-state index in [1.807, 2.05) is 5.49 Å². The standard InChI is InChI=1S/C7H5N2O2S/c10-9(11)8(6-12)7-4-2-1-3-5-7/h1-5H. The number of anilines is 1. The molecule has 61 valence electrons. The number of benzene rings is 1. The SMILES string of the molecule is O=[N+]([O-])N([C]=S)c1ccccc1. The first-order chi connectivity index (χ1) is 5.75. The Morgan fingerprint density at radius 2 is 2.00 bits per heavy atom. The topological polar surface area (TPSA) is 46.4 Å². The highest BCUT2D eigenvalue weighted by atomic mass is 32.1. The van der Waals surface area contributed by atoms with Crippen LogP contribution in [0.4, 0.5) is 5.69 Å². The summed E-state index contributed by atoms with van der Waals surface area (Å²) in [6, 6.07) is 8.33. The third kappa shape index (κ3) is 1.76. The largest absolute Gasteiger partial charge is 0.234 e. The van der Waals surface area contributed by atoms with Crippen LogP contribution in [0.3, 0.4) is 0 Å². The summed E-state index contributed by atoms with van der Waals surface area (Å²) in [6.45, 7) is 0. The molecule has 1 aromatic carbocycles. The molecule has 5 heteroatoms. The smallest absolute Gasteiger partial charge is 0.215 e. The monoisotopic (exact) mass is 181 g/mol. The number of hydrogen-bond acceptors (Lipinski definition) is 3. The number of nitro groups is 1. The van der Waals surface area contributed by atoms with Crippen LogP contribution < -0.4 is 5.01 Å². The molecule has 4 nitrogen and oxygen atoms in total. The van der Waals surface area contributed by atoms with Crippen molar-refractivity contribution in [2.45, 2.75) is 0 Å². The molecule has 0 fully saturated rings. The normalized spacial score (nSPS) is 9.00. The molecule has 0 heterocycles. The van der Waals surface area contributed by atoms with Crippen LogP contribution in [-0.4, -0.2) is 10.5 Å². The lowest BCUT2D eigenvalue weighted by molar-refractivity contribution is -0.477. The van der Waals surface area contributed by atoms with Crippen LogP contribution in [0.2, 0.25) is 0 Å². The number of nitrogens with zero attached hydrogens (tertiary/aromatic N) is 2. The number of thiocarbonyl (C=S) groups is 1. The summed E-state index contributed by atoms with van der Waals surface area (Å²) in [5, 5.41) is 10.4. The van der Waals surface area contributed by atoms with Crippen molar-refractivity contribution in [3.05, 3.63) is 40.4 Å². The van der Waals surface area contributed by atoms with Crippen LogP contribution in [0.1, 0.15) is 0 Å². The summed E-state index contributed by atoms with van der Waals surface area (Å²) in [5.74, 6) is 0. The Morgan fingerprint density at radius 3 is 2.42 bits per heavy atom. The van der Waals surface area contributed by atoms with E-state index < -0.39 is 5.03 Å². The molecule has 1 aromatic rings. The van der Waals surface area contributed by atoms with E-state index in [0.29, 0.717) is 10.7 Å². The van der Waals surface area contributed by atoms with Crippen LogP contribution in [-0.2, 0) is 0 Å². The first-order valence-electron chi connectivity index (χ1n) is 3.13. The van der Waals surface area contributed by atoms with Gasteiger partial charge in [-0.3, -0.25) is 0 Å². The highest BCUT2D eigenvalue weighted by Gasteiger charge is 2.13. The molecule has 0 saturated carbocycles. The second-order valence-corrected chi connectivity index (χ2v) is 2.16. The molecule has 0 aromatic heterocycles. The molecule has 0 aliphatic carbocycles. The number of hydrogen-bond donors (Lipinski definition) is 0. The van der Waals surface area contributed by atoms with Gasteiger partial charge in [-0.1, -0.05) is 30.4 Å². The summed E-state index contributed by atoms with van der Waals surface area (Å²) in [7, 11) is 0. The maximum absolute atomic E-state index is 10.3. The summed E-state index contributed by atoms with van der Waals surface area (Å²) < 4.78 is 0. The van der Waals surface area contributed by atoms with Gasteiger partial charge in [-0.2, -0.15) is 0 Å². The first-order valence-corrected chi connectivity index (χ1v) is 3.54. The van der Waals surface area contributed by atoms with E-state index in [-0.39, 0.29) is 0 Å². The molecule has 0 bridgehead atoms. The van der Waals surface area contributed by atoms with E-state index >= 15 is 0 Å². The van der Waals surface area contributed by atoms with Gasteiger partial charge in [-0.25, -0.2) is 10.1 Å². The minimum atomic E-state index is -0.623. The summed E-state index contributed by atoms with van der Waals surface area (Å²) >= 11 is 4.37. The Morgan fingerprint density at radius 1 is 1.42 bits per heavy atom. The van der Waals surface area contributed by atoms with Gasteiger partial charge < -0.3 is 0 Å². The number of rotatable bonds is 3. The molecule has 0 atom stereocenters.